The molecule has 0 saturated carbocycles. The van der Waals surface area contributed by atoms with Gasteiger partial charge < -0.3 is 20.5 Å². The lowest BCUT2D eigenvalue weighted by atomic mass is 10.0. The first kappa shape index (κ1) is 18.0. The molecule has 2 aromatic rings. The maximum absolute atomic E-state index is 12.5. The summed E-state index contributed by atoms with van der Waals surface area (Å²) in [6, 6.07) is 3.30. The van der Waals surface area contributed by atoms with Crippen molar-refractivity contribution in [3.63, 3.8) is 0 Å². The Morgan fingerprint density at radius 3 is 2.77 bits per heavy atom. The summed E-state index contributed by atoms with van der Waals surface area (Å²) in [7, 11) is 0. The Kier molecular flexibility index (Phi) is 5.59. The number of ether oxygens (including phenoxy) is 2. The van der Waals surface area contributed by atoms with Gasteiger partial charge in [-0.2, -0.15) is 5.10 Å². The second-order valence-corrected chi connectivity index (χ2v) is 6.00. The predicted octanol–water partition coefficient (Wildman–Crippen LogP) is 0.149. The van der Waals surface area contributed by atoms with Gasteiger partial charge in [0.1, 0.15) is 6.54 Å². The third-order valence-corrected chi connectivity index (χ3v) is 4.18. The highest BCUT2D eigenvalue weighted by Crippen LogP contribution is 2.22. The molecule has 0 aliphatic carbocycles. The van der Waals surface area contributed by atoms with Crippen LogP contribution in [0.15, 0.2) is 35.5 Å². The van der Waals surface area contributed by atoms with E-state index in [1.54, 1.807) is 19.3 Å². The van der Waals surface area contributed by atoms with Crippen LogP contribution < -0.4 is 16.6 Å². The molecule has 26 heavy (non-hydrogen) atoms. The number of carbonyl (C=O) groups excluding carboxylic acids is 1. The third kappa shape index (κ3) is 4.24. The molecule has 0 radical (unpaired) electrons. The maximum atomic E-state index is 12.5. The lowest BCUT2D eigenvalue weighted by molar-refractivity contribution is -0.123. The van der Waals surface area contributed by atoms with Crippen LogP contribution in [-0.2, 0) is 20.8 Å². The van der Waals surface area contributed by atoms with Crippen LogP contribution in [-0.4, -0.2) is 40.2 Å². The lowest BCUT2D eigenvalue weighted by Crippen LogP contribution is -2.37. The minimum Gasteiger partial charge on any atom is -0.397 e. The van der Waals surface area contributed by atoms with Crippen LogP contribution in [0.25, 0.3) is 0 Å². The number of anilines is 1. The number of nitrogens with two attached hydrogens (primary N) is 1. The van der Waals surface area contributed by atoms with Crippen molar-refractivity contribution in [2.45, 2.75) is 32.2 Å². The van der Waals surface area contributed by atoms with Crippen LogP contribution >= 0.6 is 0 Å². The van der Waals surface area contributed by atoms with E-state index in [2.05, 4.69) is 15.4 Å². The van der Waals surface area contributed by atoms with Crippen LogP contribution in [0.3, 0.4) is 0 Å². The fraction of sp³-hybridized carbons (Fsp3) is 0.412. The van der Waals surface area contributed by atoms with Gasteiger partial charge in [-0.3, -0.25) is 14.6 Å². The molecule has 1 aliphatic rings. The highest BCUT2D eigenvalue weighted by molar-refractivity contribution is 5.76. The molecule has 0 spiro atoms. The van der Waals surface area contributed by atoms with Crippen molar-refractivity contribution >= 4 is 11.6 Å². The Morgan fingerprint density at radius 2 is 2.08 bits per heavy atom. The SMILES string of the molecule is Cc1c(N)cnn(CC(=O)NC(CC2OCCO2)c2ccncc2)c1=O. The maximum Gasteiger partial charge on any atom is 0.272 e. The van der Waals surface area contributed by atoms with E-state index in [9.17, 15) is 9.59 Å². The van der Waals surface area contributed by atoms with Gasteiger partial charge in [-0.05, 0) is 24.6 Å². The molecule has 2 aromatic heterocycles. The number of carbonyl (C=O) groups is 1. The molecule has 1 amide bonds. The second-order valence-electron chi connectivity index (χ2n) is 6.00. The molecular weight excluding hydrogens is 338 g/mol. The number of aromatic nitrogens is 3. The summed E-state index contributed by atoms with van der Waals surface area (Å²) in [4.78, 5) is 28.6. The van der Waals surface area contributed by atoms with Crippen molar-refractivity contribution in [3.05, 3.63) is 52.2 Å². The molecule has 3 heterocycles. The average molecular weight is 359 g/mol. The molecule has 1 atom stereocenters. The van der Waals surface area contributed by atoms with E-state index >= 15 is 0 Å². The zero-order chi connectivity index (χ0) is 18.5. The highest BCUT2D eigenvalue weighted by atomic mass is 16.7. The van der Waals surface area contributed by atoms with Gasteiger partial charge in [-0.1, -0.05) is 0 Å². The van der Waals surface area contributed by atoms with E-state index < -0.39 is 0 Å². The first-order valence-corrected chi connectivity index (χ1v) is 8.29. The van der Waals surface area contributed by atoms with Gasteiger partial charge in [0.15, 0.2) is 6.29 Å². The van der Waals surface area contributed by atoms with E-state index in [1.807, 2.05) is 12.1 Å². The van der Waals surface area contributed by atoms with E-state index in [1.165, 1.54) is 6.20 Å². The molecule has 3 N–H and O–H groups in total. The van der Waals surface area contributed by atoms with Gasteiger partial charge in [0.2, 0.25) is 5.91 Å². The quantitative estimate of drug-likeness (QED) is 0.753. The Bertz CT molecular complexity index is 818. The molecule has 3 rings (SSSR count). The fourth-order valence-corrected chi connectivity index (χ4v) is 2.70. The zero-order valence-corrected chi connectivity index (χ0v) is 14.4. The largest absolute Gasteiger partial charge is 0.397 e. The number of amides is 1. The highest BCUT2D eigenvalue weighted by Gasteiger charge is 2.24. The monoisotopic (exact) mass is 359 g/mol. The van der Waals surface area contributed by atoms with Gasteiger partial charge >= 0.3 is 0 Å². The summed E-state index contributed by atoms with van der Waals surface area (Å²) in [5, 5.41) is 6.83. The Hall–Kier alpha value is -2.78. The molecule has 1 saturated heterocycles. The summed E-state index contributed by atoms with van der Waals surface area (Å²) in [6.45, 7) is 2.47. The first-order valence-electron chi connectivity index (χ1n) is 8.29. The molecule has 9 nitrogen and oxygen atoms in total. The third-order valence-electron chi connectivity index (χ3n) is 4.18. The Morgan fingerprint density at radius 1 is 1.38 bits per heavy atom. The second kappa shape index (κ2) is 8.07. The normalized spacial score (nSPS) is 15.7. The number of rotatable bonds is 6. The molecule has 1 aliphatic heterocycles. The smallest absolute Gasteiger partial charge is 0.272 e. The van der Waals surface area contributed by atoms with Gasteiger partial charge in [0, 0.05) is 24.4 Å². The van der Waals surface area contributed by atoms with Gasteiger partial charge in [0.25, 0.3) is 5.56 Å². The number of nitrogens with one attached hydrogen (secondary N) is 1. The van der Waals surface area contributed by atoms with Crippen LogP contribution in [0.4, 0.5) is 5.69 Å². The average Bonchev–Trinajstić information content (AvgIpc) is 3.15. The molecular formula is C17H21N5O4. The van der Waals surface area contributed by atoms with Crippen molar-refractivity contribution in [1.82, 2.24) is 20.1 Å². The standard InChI is InChI=1S/C17H21N5O4/c1-11-13(18)9-20-22(17(11)24)10-15(23)21-14(8-16-25-6-7-26-16)12-2-4-19-5-3-12/h2-5,9,14,16H,6-8,10,18H2,1H3,(H,21,23). The predicted molar refractivity (Wildman–Crippen MR) is 93.1 cm³/mol. The minimum absolute atomic E-state index is 0.200. The number of nitrogen functional groups attached to an aromatic ring is 1. The van der Waals surface area contributed by atoms with Gasteiger partial charge in [0.05, 0.1) is 31.1 Å². The minimum atomic E-state index is -0.386. The van der Waals surface area contributed by atoms with E-state index in [0.717, 1.165) is 10.2 Å². The van der Waals surface area contributed by atoms with Gasteiger partial charge in [-0.15, -0.1) is 0 Å². The summed E-state index contributed by atoms with van der Waals surface area (Å²) in [5.74, 6) is -0.344. The van der Waals surface area contributed by atoms with Crippen molar-refractivity contribution in [1.29, 1.82) is 0 Å². The number of pyridine rings is 1. The van der Waals surface area contributed by atoms with Crippen molar-refractivity contribution in [2.24, 2.45) is 0 Å². The van der Waals surface area contributed by atoms with Gasteiger partial charge in [-0.25, -0.2) is 4.68 Å². The van der Waals surface area contributed by atoms with E-state index in [0.29, 0.717) is 30.9 Å². The summed E-state index contributed by atoms with van der Waals surface area (Å²) < 4.78 is 12.1. The molecule has 0 bridgehead atoms. The molecule has 1 unspecified atom stereocenters. The van der Waals surface area contributed by atoms with E-state index in [-0.39, 0.29) is 30.3 Å². The van der Waals surface area contributed by atoms with Crippen LogP contribution in [0.5, 0.6) is 0 Å². The molecule has 1 fully saturated rings. The van der Waals surface area contributed by atoms with Crippen LogP contribution in [0.2, 0.25) is 0 Å². The van der Waals surface area contributed by atoms with E-state index in [4.69, 9.17) is 15.2 Å². The summed E-state index contributed by atoms with van der Waals surface area (Å²) in [6.07, 6.45) is 4.75. The fourth-order valence-electron chi connectivity index (χ4n) is 2.70. The number of nitrogens with zero attached hydrogens (tertiary/aromatic N) is 3. The Balaban J connectivity index is 1.72. The summed E-state index contributed by atoms with van der Waals surface area (Å²) in [5.41, 5.74) is 6.82. The molecule has 138 valence electrons. The number of hydrogen-bond donors (Lipinski definition) is 2. The van der Waals surface area contributed by atoms with Crippen molar-refractivity contribution in [3.8, 4) is 0 Å². The molecule has 9 heteroatoms. The summed E-state index contributed by atoms with van der Waals surface area (Å²) >= 11 is 0. The Labute approximate surface area is 150 Å². The molecule has 0 aromatic carbocycles. The van der Waals surface area contributed by atoms with Crippen molar-refractivity contribution in [2.75, 3.05) is 18.9 Å². The van der Waals surface area contributed by atoms with Crippen LogP contribution in [0, 0.1) is 6.92 Å². The lowest BCUT2D eigenvalue weighted by Gasteiger charge is -2.22. The first-order chi connectivity index (χ1) is 12.5. The topological polar surface area (TPSA) is 121 Å². The number of hydrogen-bond acceptors (Lipinski definition) is 7. The van der Waals surface area contributed by atoms with Crippen molar-refractivity contribution < 1.29 is 14.3 Å². The van der Waals surface area contributed by atoms with Crippen LogP contribution in [0.1, 0.15) is 23.6 Å². The zero-order valence-electron chi connectivity index (χ0n) is 14.4.